The number of amides is 1. The Kier molecular flexibility index (Phi) is 6.07. The van der Waals surface area contributed by atoms with Gasteiger partial charge >= 0.3 is 6.18 Å². The molecule has 180 valence electrons. The molecule has 3 aromatic heterocycles. The number of carbonyl (C=O) groups excluding carboxylic acids is 1. The van der Waals surface area contributed by atoms with Gasteiger partial charge in [-0.1, -0.05) is 17.7 Å². The average Bonchev–Trinajstić information content (AvgIpc) is 3.20. The van der Waals surface area contributed by atoms with Gasteiger partial charge in [0.05, 0.1) is 5.56 Å². The molecule has 0 unspecified atom stereocenters. The van der Waals surface area contributed by atoms with Crippen molar-refractivity contribution in [3.8, 4) is 28.6 Å². The van der Waals surface area contributed by atoms with E-state index >= 15 is 0 Å². The molecule has 0 saturated heterocycles. The minimum absolute atomic E-state index is 0.0119. The average molecular weight is 507 g/mol. The van der Waals surface area contributed by atoms with Crippen molar-refractivity contribution in [1.82, 2.24) is 19.7 Å². The summed E-state index contributed by atoms with van der Waals surface area (Å²) in [6.45, 7) is 1.58. The second-order valence-electron chi connectivity index (χ2n) is 7.24. The number of rotatable bonds is 5. The number of nitrogen functional groups attached to an aromatic ring is 1. The number of aryl methyl sites for hydroxylation is 1. The van der Waals surface area contributed by atoms with Crippen LogP contribution in [0.4, 0.5) is 23.4 Å². The van der Waals surface area contributed by atoms with E-state index in [1.807, 2.05) is 0 Å². The van der Waals surface area contributed by atoms with Crippen molar-refractivity contribution in [3.05, 3.63) is 76.5 Å². The van der Waals surface area contributed by atoms with Gasteiger partial charge in [0.2, 0.25) is 0 Å². The topological polar surface area (TPSA) is 122 Å². The van der Waals surface area contributed by atoms with Gasteiger partial charge in [0, 0.05) is 23.5 Å². The highest BCUT2D eigenvalue weighted by molar-refractivity contribution is 6.34. The van der Waals surface area contributed by atoms with Gasteiger partial charge in [0.25, 0.3) is 5.91 Å². The normalized spacial score (nSPS) is 11.5. The number of nitrogens with two attached hydrogens (primary N) is 2. The Labute approximate surface area is 200 Å². The van der Waals surface area contributed by atoms with Crippen LogP contribution in [0.2, 0.25) is 5.02 Å². The smallest absolute Gasteiger partial charge is 0.434 e. The van der Waals surface area contributed by atoms with Crippen LogP contribution in [0.1, 0.15) is 21.7 Å². The Bertz CT molecular complexity index is 1450. The van der Waals surface area contributed by atoms with Crippen molar-refractivity contribution < 1.29 is 27.1 Å². The summed E-state index contributed by atoms with van der Waals surface area (Å²) in [5.74, 6) is -2.90. The quantitative estimate of drug-likeness (QED) is 0.370. The maximum Gasteiger partial charge on any atom is 0.434 e. The SMILES string of the molecule is Cc1cccc(-n2nc(-c3ccc(Oc4ccnc(N)c4Cl)c(F)c3)c(C(N)=O)c2C(F)(F)F)n1. The van der Waals surface area contributed by atoms with Crippen molar-refractivity contribution in [2.45, 2.75) is 13.1 Å². The predicted octanol–water partition coefficient (Wildman–Crippen LogP) is 4.92. The summed E-state index contributed by atoms with van der Waals surface area (Å²) in [6, 6.07) is 8.91. The molecule has 3 heterocycles. The molecule has 1 amide bonds. The summed E-state index contributed by atoms with van der Waals surface area (Å²) in [6.07, 6.45) is -3.73. The molecule has 0 aliphatic carbocycles. The number of halogens is 5. The number of aromatic nitrogens is 4. The Morgan fingerprint density at radius 1 is 1.14 bits per heavy atom. The van der Waals surface area contributed by atoms with Gasteiger partial charge < -0.3 is 16.2 Å². The first-order valence-corrected chi connectivity index (χ1v) is 10.2. The molecule has 4 rings (SSSR count). The van der Waals surface area contributed by atoms with E-state index in [9.17, 15) is 22.4 Å². The highest BCUT2D eigenvalue weighted by Crippen LogP contribution is 2.39. The largest absolute Gasteiger partial charge is 0.453 e. The van der Waals surface area contributed by atoms with Gasteiger partial charge in [-0.15, -0.1) is 0 Å². The van der Waals surface area contributed by atoms with E-state index in [-0.39, 0.29) is 33.7 Å². The molecule has 35 heavy (non-hydrogen) atoms. The molecule has 0 aliphatic heterocycles. The number of hydrogen-bond acceptors (Lipinski definition) is 6. The van der Waals surface area contributed by atoms with Gasteiger partial charge in [-0.05, 0) is 37.3 Å². The van der Waals surface area contributed by atoms with Crippen molar-refractivity contribution in [2.24, 2.45) is 5.73 Å². The minimum Gasteiger partial charge on any atom is -0.453 e. The molecule has 0 spiro atoms. The summed E-state index contributed by atoms with van der Waals surface area (Å²) in [7, 11) is 0. The van der Waals surface area contributed by atoms with Gasteiger partial charge in [-0.25, -0.2) is 19.0 Å². The number of nitrogens with zero attached hydrogens (tertiary/aromatic N) is 4. The van der Waals surface area contributed by atoms with Crippen LogP contribution in [0.3, 0.4) is 0 Å². The van der Waals surface area contributed by atoms with Gasteiger partial charge in [0.1, 0.15) is 16.5 Å². The van der Waals surface area contributed by atoms with E-state index in [0.717, 1.165) is 12.1 Å². The van der Waals surface area contributed by atoms with E-state index in [0.29, 0.717) is 10.4 Å². The second-order valence-corrected chi connectivity index (χ2v) is 7.62. The van der Waals surface area contributed by atoms with E-state index in [4.69, 9.17) is 27.8 Å². The maximum absolute atomic E-state index is 14.9. The zero-order valence-electron chi connectivity index (χ0n) is 17.8. The lowest BCUT2D eigenvalue weighted by Gasteiger charge is -2.11. The van der Waals surface area contributed by atoms with E-state index in [1.165, 1.54) is 30.5 Å². The third-order valence-electron chi connectivity index (χ3n) is 4.80. The maximum atomic E-state index is 14.9. The van der Waals surface area contributed by atoms with E-state index in [1.54, 1.807) is 13.0 Å². The summed E-state index contributed by atoms with van der Waals surface area (Å²) in [4.78, 5) is 19.9. The highest BCUT2D eigenvalue weighted by atomic mass is 35.5. The molecule has 0 radical (unpaired) electrons. The molecule has 0 saturated carbocycles. The molecular weight excluding hydrogens is 492 g/mol. The van der Waals surface area contributed by atoms with E-state index in [2.05, 4.69) is 15.1 Å². The molecule has 1 aromatic carbocycles. The Morgan fingerprint density at radius 3 is 2.51 bits per heavy atom. The van der Waals surface area contributed by atoms with Crippen LogP contribution < -0.4 is 16.2 Å². The number of hydrogen-bond donors (Lipinski definition) is 2. The van der Waals surface area contributed by atoms with Gasteiger partial charge in [0.15, 0.2) is 28.8 Å². The fourth-order valence-electron chi connectivity index (χ4n) is 3.30. The van der Waals surface area contributed by atoms with Crippen LogP contribution in [-0.4, -0.2) is 25.7 Å². The molecule has 0 bridgehead atoms. The number of carbonyl (C=O) groups is 1. The van der Waals surface area contributed by atoms with Crippen LogP contribution >= 0.6 is 11.6 Å². The van der Waals surface area contributed by atoms with Crippen LogP contribution in [0.5, 0.6) is 11.5 Å². The fourth-order valence-corrected chi connectivity index (χ4v) is 3.45. The highest BCUT2D eigenvalue weighted by Gasteiger charge is 2.42. The number of pyridine rings is 2. The van der Waals surface area contributed by atoms with Crippen molar-refractivity contribution in [2.75, 3.05) is 5.73 Å². The lowest BCUT2D eigenvalue weighted by atomic mass is 10.0. The standard InChI is InChI=1S/C22H15ClF4N6O2/c1-10-3-2-4-15(31-10)33-19(22(25,26)27)16(21(29)34)18(32-33)11-5-6-13(12(24)9-11)35-14-7-8-30-20(28)17(14)23/h2-9H,1H3,(H2,28,30)(H2,29,34). The van der Waals surface area contributed by atoms with Gasteiger partial charge in [-0.3, -0.25) is 4.79 Å². The zero-order chi connectivity index (χ0) is 25.5. The first-order chi connectivity index (χ1) is 16.5. The second kappa shape index (κ2) is 8.87. The molecule has 4 N–H and O–H groups in total. The first-order valence-electron chi connectivity index (χ1n) is 9.79. The lowest BCUT2D eigenvalue weighted by molar-refractivity contribution is -0.143. The molecule has 0 atom stereocenters. The fraction of sp³-hybridized carbons (Fsp3) is 0.0909. The van der Waals surface area contributed by atoms with Crippen LogP contribution in [-0.2, 0) is 6.18 Å². The Balaban J connectivity index is 1.86. The van der Waals surface area contributed by atoms with Crippen molar-refractivity contribution >= 4 is 23.3 Å². The first kappa shape index (κ1) is 24.0. The zero-order valence-corrected chi connectivity index (χ0v) is 18.5. The molecule has 8 nitrogen and oxygen atoms in total. The molecule has 0 fully saturated rings. The van der Waals surface area contributed by atoms with E-state index < -0.39 is 34.9 Å². The third-order valence-corrected chi connectivity index (χ3v) is 5.18. The number of benzene rings is 1. The summed E-state index contributed by atoms with van der Waals surface area (Å²) in [5, 5.41) is 3.89. The van der Waals surface area contributed by atoms with Crippen molar-refractivity contribution in [3.63, 3.8) is 0 Å². The Hall–Kier alpha value is -4.19. The summed E-state index contributed by atoms with van der Waals surface area (Å²) >= 11 is 6.00. The minimum atomic E-state index is -5.03. The van der Waals surface area contributed by atoms with Gasteiger partial charge in [-0.2, -0.15) is 18.3 Å². The summed E-state index contributed by atoms with van der Waals surface area (Å²) < 4.78 is 62.9. The van der Waals surface area contributed by atoms with Crippen LogP contribution in [0.25, 0.3) is 17.1 Å². The monoisotopic (exact) mass is 506 g/mol. The summed E-state index contributed by atoms with van der Waals surface area (Å²) in [5.41, 5.74) is 8.32. The lowest BCUT2D eigenvalue weighted by Crippen LogP contribution is -2.21. The molecule has 13 heteroatoms. The Morgan fingerprint density at radius 2 is 1.89 bits per heavy atom. The third kappa shape index (κ3) is 4.60. The predicted molar refractivity (Wildman–Crippen MR) is 119 cm³/mol. The number of anilines is 1. The van der Waals surface area contributed by atoms with Crippen molar-refractivity contribution in [1.29, 1.82) is 0 Å². The number of primary amides is 1. The van der Waals surface area contributed by atoms with Crippen LogP contribution in [0.15, 0.2) is 48.7 Å². The number of alkyl halides is 3. The number of ether oxygens (including phenoxy) is 1. The molecule has 4 aromatic rings. The van der Waals surface area contributed by atoms with Crippen LogP contribution in [0, 0.1) is 12.7 Å². The molecule has 0 aliphatic rings. The molecular formula is C22H15ClF4N6O2.